The number of rotatable bonds is 8. The van der Waals surface area contributed by atoms with Gasteiger partial charge in [0.05, 0.1) is 12.6 Å². The Morgan fingerprint density at radius 2 is 1.68 bits per heavy atom. The Kier molecular flexibility index (Phi) is 6.77. The van der Waals surface area contributed by atoms with Crippen molar-refractivity contribution < 1.29 is 19.5 Å². The molecule has 4 rings (SSSR count). The fourth-order valence-electron chi connectivity index (χ4n) is 3.94. The summed E-state index contributed by atoms with van der Waals surface area (Å²) in [6.45, 7) is 1.59. The number of nitrogens with one attached hydrogen (secondary N) is 4. The van der Waals surface area contributed by atoms with Crippen molar-refractivity contribution >= 4 is 39.6 Å². The molecule has 0 saturated carbocycles. The first kappa shape index (κ1) is 22.8. The molecule has 34 heavy (non-hydrogen) atoms. The van der Waals surface area contributed by atoms with E-state index in [9.17, 15) is 19.5 Å². The molecule has 5 N–H and O–H groups in total. The number of carboxylic acid groups (broad SMARTS) is 1. The van der Waals surface area contributed by atoms with Gasteiger partial charge in [0.15, 0.2) is 0 Å². The van der Waals surface area contributed by atoms with Crippen molar-refractivity contribution in [3.63, 3.8) is 0 Å². The molecule has 0 unspecified atom stereocenters. The molecule has 8 nitrogen and oxygen atoms in total. The maximum atomic E-state index is 12.3. The highest BCUT2D eigenvalue weighted by atomic mass is 16.4. The zero-order valence-corrected chi connectivity index (χ0v) is 18.7. The van der Waals surface area contributed by atoms with Crippen molar-refractivity contribution in [3.8, 4) is 0 Å². The van der Waals surface area contributed by atoms with Crippen molar-refractivity contribution in [3.05, 3.63) is 84.1 Å². The molecule has 0 fully saturated rings. The lowest BCUT2D eigenvalue weighted by Gasteiger charge is -2.17. The molecule has 0 saturated heterocycles. The fraction of sp³-hybridized carbons (Fsp3) is 0.192. The van der Waals surface area contributed by atoms with Gasteiger partial charge in [-0.2, -0.15) is 0 Å². The van der Waals surface area contributed by atoms with Crippen LogP contribution >= 0.6 is 0 Å². The number of para-hydroxylation sites is 1. The number of carbonyl (C=O) groups is 3. The first-order valence-electron chi connectivity index (χ1n) is 11.0. The van der Waals surface area contributed by atoms with Crippen LogP contribution in [0, 0.1) is 0 Å². The van der Waals surface area contributed by atoms with Gasteiger partial charge in [-0.05, 0) is 41.0 Å². The standard InChI is InChI=1S/C26H26N4O4/c1-16(18-11-10-17-6-2-3-7-19(17)12-18)29-24(31)15-28-26(34)30-23(25(32)33)13-20-14-27-22-9-5-4-8-21(20)22/h2-12,14,16,23,27H,13,15H2,1H3,(H,29,31)(H,32,33)(H2,28,30,34)/t16-,23+/m1/s1. The van der Waals surface area contributed by atoms with Crippen molar-refractivity contribution in [1.82, 2.24) is 20.9 Å². The number of aliphatic carboxylic acids is 1. The second-order valence-corrected chi connectivity index (χ2v) is 8.18. The summed E-state index contributed by atoms with van der Waals surface area (Å²) in [6.07, 6.45) is 1.85. The molecule has 8 heteroatoms. The first-order valence-corrected chi connectivity index (χ1v) is 11.0. The lowest BCUT2D eigenvalue weighted by atomic mass is 10.0. The number of fused-ring (bicyclic) bond motifs is 2. The summed E-state index contributed by atoms with van der Waals surface area (Å²) >= 11 is 0. The average Bonchev–Trinajstić information content (AvgIpc) is 3.24. The zero-order valence-electron chi connectivity index (χ0n) is 18.7. The van der Waals surface area contributed by atoms with Crippen LogP contribution in [0.15, 0.2) is 72.9 Å². The summed E-state index contributed by atoms with van der Waals surface area (Å²) in [7, 11) is 0. The Labute approximate surface area is 196 Å². The molecule has 0 spiro atoms. The van der Waals surface area contributed by atoms with Crippen LogP contribution in [-0.2, 0) is 16.0 Å². The molecule has 0 aliphatic carbocycles. The number of hydrogen-bond acceptors (Lipinski definition) is 3. The van der Waals surface area contributed by atoms with Gasteiger partial charge in [-0.15, -0.1) is 0 Å². The third-order valence-electron chi connectivity index (χ3n) is 5.76. The number of aromatic nitrogens is 1. The molecule has 2 atom stereocenters. The lowest BCUT2D eigenvalue weighted by molar-refractivity contribution is -0.139. The van der Waals surface area contributed by atoms with Gasteiger partial charge in [0, 0.05) is 23.5 Å². The highest BCUT2D eigenvalue weighted by Crippen LogP contribution is 2.20. The van der Waals surface area contributed by atoms with Gasteiger partial charge in [-0.1, -0.05) is 54.6 Å². The molecule has 174 valence electrons. The highest BCUT2D eigenvalue weighted by Gasteiger charge is 2.22. The van der Waals surface area contributed by atoms with E-state index in [-0.39, 0.29) is 24.9 Å². The third kappa shape index (κ3) is 5.35. The van der Waals surface area contributed by atoms with E-state index in [0.717, 1.165) is 32.8 Å². The fourth-order valence-corrected chi connectivity index (χ4v) is 3.94. The normalized spacial score (nSPS) is 12.7. The third-order valence-corrected chi connectivity index (χ3v) is 5.76. The molecule has 3 aromatic carbocycles. The minimum atomic E-state index is -1.16. The Bertz CT molecular complexity index is 1350. The van der Waals surface area contributed by atoms with E-state index in [4.69, 9.17) is 0 Å². The van der Waals surface area contributed by atoms with Crippen LogP contribution in [0.1, 0.15) is 24.1 Å². The number of benzene rings is 3. The van der Waals surface area contributed by atoms with Crippen LogP contribution in [0.5, 0.6) is 0 Å². The van der Waals surface area contributed by atoms with E-state index < -0.39 is 18.0 Å². The molecule has 0 aliphatic heterocycles. The van der Waals surface area contributed by atoms with E-state index in [1.54, 1.807) is 6.20 Å². The summed E-state index contributed by atoms with van der Waals surface area (Å²) in [6, 6.07) is 19.4. The monoisotopic (exact) mass is 458 g/mol. The maximum Gasteiger partial charge on any atom is 0.326 e. The molecule has 1 heterocycles. The van der Waals surface area contributed by atoms with E-state index in [1.807, 2.05) is 73.7 Å². The van der Waals surface area contributed by atoms with Gasteiger partial charge in [-0.3, -0.25) is 4.79 Å². The second kappa shape index (κ2) is 10.1. The van der Waals surface area contributed by atoms with Crippen LogP contribution in [-0.4, -0.2) is 40.6 Å². The van der Waals surface area contributed by atoms with Crippen molar-refractivity contribution in [2.24, 2.45) is 0 Å². The van der Waals surface area contributed by atoms with Crippen molar-refractivity contribution in [2.45, 2.75) is 25.4 Å². The quantitative estimate of drug-likeness (QED) is 0.277. The average molecular weight is 459 g/mol. The van der Waals surface area contributed by atoms with Gasteiger partial charge >= 0.3 is 12.0 Å². The van der Waals surface area contributed by atoms with Gasteiger partial charge in [-0.25, -0.2) is 9.59 Å². The Morgan fingerprint density at radius 1 is 0.941 bits per heavy atom. The predicted molar refractivity (Wildman–Crippen MR) is 130 cm³/mol. The summed E-state index contributed by atoms with van der Waals surface area (Å²) < 4.78 is 0. The van der Waals surface area contributed by atoms with E-state index in [2.05, 4.69) is 20.9 Å². The van der Waals surface area contributed by atoms with Gasteiger partial charge in [0.1, 0.15) is 6.04 Å². The van der Waals surface area contributed by atoms with E-state index in [0.29, 0.717) is 0 Å². The van der Waals surface area contributed by atoms with Crippen molar-refractivity contribution in [2.75, 3.05) is 6.54 Å². The number of carboxylic acids is 1. The minimum Gasteiger partial charge on any atom is -0.480 e. The molecular formula is C26H26N4O4. The minimum absolute atomic E-state index is 0.109. The van der Waals surface area contributed by atoms with E-state index >= 15 is 0 Å². The number of carbonyl (C=O) groups excluding carboxylic acids is 2. The number of amides is 3. The molecule has 3 amide bonds. The zero-order chi connectivity index (χ0) is 24.1. The summed E-state index contributed by atoms with van der Waals surface area (Å²) in [4.78, 5) is 39.4. The summed E-state index contributed by atoms with van der Waals surface area (Å²) in [5, 5.41) is 20.4. The SMILES string of the molecule is C[C@@H](NC(=O)CNC(=O)N[C@@H](Cc1c[nH]c2ccccc12)C(=O)O)c1ccc2ccccc2c1. The largest absolute Gasteiger partial charge is 0.480 e. The van der Waals surface area contributed by atoms with Gasteiger partial charge < -0.3 is 26.0 Å². The smallest absolute Gasteiger partial charge is 0.326 e. The topological polar surface area (TPSA) is 123 Å². The number of H-pyrrole nitrogens is 1. The summed E-state index contributed by atoms with van der Waals surface area (Å²) in [5.74, 6) is -1.53. The summed E-state index contributed by atoms with van der Waals surface area (Å²) in [5.41, 5.74) is 2.62. The van der Waals surface area contributed by atoms with Gasteiger partial charge in [0.2, 0.25) is 5.91 Å². The first-order chi connectivity index (χ1) is 16.4. The van der Waals surface area contributed by atoms with Crippen LogP contribution < -0.4 is 16.0 Å². The predicted octanol–water partition coefficient (Wildman–Crippen LogP) is 3.49. The Balaban J connectivity index is 1.30. The second-order valence-electron chi connectivity index (χ2n) is 8.18. The molecule has 1 aromatic heterocycles. The maximum absolute atomic E-state index is 12.3. The number of aromatic amines is 1. The molecular weight excluding hydrogens is 432 g/mol. The Morgan fingerprint density at radius 3 is 2.47 bits per heavy atom. The van der Waals surface area contributed by atoms with Crippen LogP contribution in [0.4, 0.5) is 4.79 Å². The molecule has 0 bridgehead atoms. The van der Waals surface area contributed by atoms with Crippen molar-refractivity contribution in [1.29, 1.82) is 0 Å². The van der Waals surface area contributed by atoms with E-state index in [1.165, 1.54) is 0 Å². The van der Waals surface area contributed by atoms with Crippen LogP contribution in [0.3, 0.4) is 0 Å². The molecule has 0 aliphatic rings. The van der Waals surface area contributed by atoms with Crippen LogP contribution in [0.25, 0.3) is 21.7 Å². The highest BCUT2D eigenvalue weighted by molar-refractivity contribution is 5.88. The molecule has 4 aromatic rings. The lowest BCUT2D eigenvalue weighted by Crippen LogP contribution is -2.49. The molecule has 0 radical (unpaired) electrons. The van der Waals surface area contributed by atoms with Gasteiger partial charge in [0.25, 0.3) is 0 Å². The Hall–Kier alpha value is -4.33. The van der Waals surface area contributed by atoms with Crippen LogP contribution in [0.2, 0.25) is 0 Å². The number of hydrogen-bond donors (Lipinski definition) is 5. The number of urea groups is 1.